The molecule has 8 nitrogen and oxygen atoms in total. The predicted octanol–water partition coefficient (Wildman–Crippen LogP) is 2.70. The number of nitrogens with zero attached hydrogens (tertiary/aromatic N) is 3. The van der Waals surface area contributed by atoms with E-state index >= 15 is 0 Å². The zero-order valence-corrected chi connectivity index (χ0v) is 16.9. The largest absolute Gasteiger partial charge is 0.492 e. The molecule has 2 heterocycles. The van der Waals surface area contributed by atoms with Gasteiger partial charge in [-0.2, -0.15) is 5.10 Å². The molecule has 1 N–H and O–H groups in total. The molecule has 3 aromatic rings. The SMILES string of the molecule is O=C(Nc1ccccc1N1CCCC1=O)c1ccc(=O)n(CCOc2ccccc2)n1. The number of para-hydroxylation sites is 3. The van der Waals surface area contributed by atoms with Crippen LogP contribution in [0.4, 0.5) is 11.4 Å². The highest BCUT2D eigenvalue weighted by Gasteiger charge is 2.24. The Bertz CT molecular complexity index is 1140. The van der Waals surface area contributed by atoms with Crippen LogP contribution in [0.3, 0.4) is 0 Å². The highest BCUT2D eigenvalue weighted by Crippen LogP contribution is 2.29. The summed E-state index contributed by atoms with van der Waals surface area (Å²) in [7, 11) is 0. The van der Waals surface area contributed by atoms with E-state index in [4.69, 9.17) is 4.74 Å². The number of rotatable bonds is 7. The van der Waals surface area contributed by atoms with Crippen molar-refractivity contribution in [3.05, 3.63) is 82.8 Å². The van der Waals surface area contributed by atoms with Gasteiger partial charge in [-0.05, 0) is 36.8 Å². The van der Waals surface area contributed by atoms with Gasteiger partial charge in [0.1, 0.15) is 18.1 Å². The van der Waals surface area contributed by atoms with Crippen LogP contribution < -0.4 is 20.5 Å². The van der Waals surface area contributed by atoms with Gasteiger partial charge in [0, 0.05) is 19.0 Å². The summed E-state index contributed by atoms with van der Waals surface area (Å²) in [5.41, 5.74) is 0.954. The highest BCUT2D eigenvalue weighted by atomic mass is 16.5. The molecule has 0 spiro atoms. The minimum Gasteiger partial charge on any atom is -0.492 e. The summed E-state index contributed by atoms with van der Waals surface area (Å²) < 4.78 is 6.81. The zero-order valence-electron chi connectivity index (χ0n) is 16.9. The summed E-state index contributed by atoms with van der Waals surface area (Å²) in [5.74, 6) is 0.265. The van der Waals surface area contributed by atoms with E-state index in [-0.39, 0.29) is 30.3 Å². The third-order valence-corrected chi connectivity index (χ3v) is 4.93. The van der Waals surface area contributed by atoms with Crippen LogP contribution in [0.15, 0.2) is 71.5 Å². The van der Waals surface area contributed by atoms with Gasteiger partial charge in [0.25, 0.3) is 11.5 Å². The van der Waals surface area contributed by atoms with Crippen molar-refractivity contribution in [3.8, 4) is 5.75 Å². The summed E-state index contributed by atoms with van der Waals surface area (Å²) in [4.78, 5) is 38.7. The van der Waals surface area contributed by atoms with Crippen LogP contribution in [0.25, 0.3) is 0 Å². The first-order chi connectivity index (χ1) is 15.1. The standard InChI is InChI=1S/C23H22N4O4/c28-21-11-6-14-26(21)20-10-5-4-9-18(20)24-23(30)19-12-13-22(29)27(25-19)15-16-31-17-7-2-1-3-8-17/h1-5,7-10,12-13H,6,11,14-16H2,(H,24,30). The molecule has 0 radical (unpaired) electrons. The number of amides is 2. The first-order valence-electron chi connectivity index (χ1n) is 10.1. The van der Waals surface area contributed by atoms with Gasteiger partial charge >= 0.3 is 0 Å². The predicted molar refractivity (Wildman–Crippen MR) is 116 cm³/mol. The van der Waals surface area contributed by atoms with Crippen molar-refractivity contribution in [2.75, 3.05) is 23.4 Å². The lowest BCUT2D eigenvalue weighted by molar-refractivity contribution is -0.117. The normalized spacial score (nSPS) is 13.3. The molecule has 1 saturated heterocycles. The Morgan fingerprint density at radius 1 is 1.00 bits per heavy atom. The molecular formula is C23H22N4O4. The second-order valence-corrected chi connectivity index (χ2v) is 7.06. The highest BCUT2D eigenvalue weighted by molar-refractivity contribution is 6.07. The average Bonchev–Trinajstić information content (AvgIpc) is 3.22. The molecule has 0 unspecified atom stereocenters. The Morgan fingerprint density at radius 2 is 1.77 bits per heavy atom. The maximum atomic E-state index is 12.8. The van der Waals surface area contributed by atoms with Crippen LogP contribution in [0.1, 0.15) is 23.3 Å². The number of benzene rings is 2. The number of carbonyl (C=O) groups excluding carboxylic acids is 2. The summed E-state index contributed by atoms with van der Waals surface area (Å²) in [5, 5.41) is 6.98. The van der Waals surface area contributed by atoms with Gasteiger partial charge in [-0.25, -0.2) is 4.68 Å². The molecule has 2 aromatic carbocycles. The molecule has 2 amide bonds. The van der Waals surface area contributed by atoms with Crippen molar-refractivity contribution in [2.24, 2.45) is 0 Å². The van der Waals surface area contributed by atoms with Crippen LogP contribution in [-0.2, 0) is 11.3 Å². The number of hydrogen-bond donors (Lipinski definition) is 1. The molecule has 1 aliphatic heterocycles. The monoisotopic (exact) mass is 418 g/mol. The van der Waals surface area contributed by atoms with Gasteiger partial charge in [0.05, 0.1) is 17.9 Å². The number of hydrogen-bond acceptors (Lipinski definition) is 5. The Kier molecular flexibility index (Phi) is 6.07. The van der Waals surface area contributed by atoms with Crippen molar-refractivity contribution >= 4 is 23.2 Å². The van der Waals surface area contributed by atoms with Crippen molar-refractivity contribution in [2.45, 2.75) is 19.4 Å². The lowest BCUT2D eigenvalue weighted by atomic mass is 10.2. The molecule has 0 atom stereocenters. The van der Waals surface area contributed by atoms with Gasteiger partial charge in [-0.3, -0.25) is 14.4 Å². The van der Waals surface area contributed by atoms with Crippen LogP contribution in [-0.4, -0.2) is 34.7 Å². The van der Waals surface area contributed by atoms with E-state index in [1.807, 2.05) is 36.4 Å². The van der Waals surface area contributed by atoms with Crippen LogP contribution >= 0.6 is 0 Å². The van der Waals surface area contributed by atoms with E-state index in [1.165, 1.54) is 16.8 Å². The summed E-state index contributed by atoms with van der Waals surface area (Å²) in [6.07, 6.45) is 1.29. The van der Waals surface area contributed by atoms with Crippen molar-refractivity contribution < 1.29 is 14.3 Å². The maximum absolute atomic E-state index is 12.8. The van der Waals surface area contributed by atoms with Crippen molar-refractivity contribution in [3.63, 3.8) is 0 Å². The van der Waals surface area contributed by atoms with Crippen LogP contribution in [0.2, 0.25) is 0 Å². The fourth-order valence-corrected chi connectivity index (χ4v) is 3.40. The van der Waals surface area contributed by atoms with E-state index < -0.39 is 5.91 Å². The third kappa shape index (κ3) is 4.80. The molecule has 158 valence electrons. The number of anilines is 2. The quantitative estimate of drug-likeness (QED) is 0.637. The molecule has 1 aromatic heterocycles. The Balaban J connectivity index is 1.46. The van der Waals surface area contributed by atoms with Gasteiger partial charge in [0.2, 0.25) is 5.91 Å². The summed E-state index contributed by atoms with van der Waals surface area (Å²) >= 11 is 0. The Labute approximate surface area is 179 Å². The second kappa shape index (κ2) is 9.25. The molecule has 0 aliphatic carbocycles. The van der Waals surface area contributed by atoms with E-state index in [2.05, 4.69) is 10.4 Å². The van der Waals surface area contributed by atoms with E-state index in [9.17, 15) is 14.4 Å². The number of nitrogens with one attached hydrogen (secondary N) is 1. The van der Waals surface area contributed by atoms with Gasteiger partial charge in [-0.1, -0.05) is 30.3 Å². The van der Waals surface area contributed by atoms with Crippen LogP contribution in [0, 0.1) is 0 Å². The van der Waals surface area contributed by atoms with E-state index in [0.29, 0.717) is 30.1 Å². The molecule has 8 heteroatoms. The average molecular weight is 418 g/mol. The molecule has 31 heavy (non-hydrogen) atoms. The first-order valence-corrected chi connectivity index (χ1v) is 10.1. The molecule has 4 rings (SSSR count). The molecular weight excluding hydrogens is 396 g/mol. The fraction of sp³-hybridized carbons (Fsp3) is 0.217. The maximum Gasteiger partial charge on any atom is 0.276 e. The minimum atomic E-state index is -0.461. The van der Waals surface area contributed by atoms with Crippen LogP contribution in [0.5, 0.6) is 5.75 Å². The van der Waals surface area contributed by atoms with Gasteiger partial charge < -0.3 is 15.0 Å². The van der Waals surface area contributed by atoms with E-state index in [0.717, 1.165) is 6.42 Å². The second-order valence-electron chi connectivity index (χ2n) is 7.06. The molecule has 1 aliphatic rings. The number of carbonyl (C=O) groups is 2. The molecule has 0 saturated carbocycles. The first kappa shape index (κ1) is 20.3. The van der Waals surface area contributed by atoms with Gasteiger partial charge in [0.15, 0.2) is 0 Å². The van der Waals surface area contributed by atoms with Crippen molar-refractivity contribution in [1.29, 1.82) is 0 Å². The van der Waals surface area contributed by atoms with Gasteiger partial charge in [-0.15, -0.1) is 0 Å². The minimum absolute atomic E-state index is 0.0341. The molecule has 0 bridgehead atoms. The molecule has 1 fully saturated rings. The number of ether oxygens (including phenoxy) is 1. The summed E-state index contributed by atoms with van der Waals surface area (Å²) in [6, 6.07) is 19.1. The third-order valence-electron chi connectivity index (χ3n) is 4.93. The lowest BCUT2D eigenvalue weighted by Gasteiger charge is -2.19. The topological polar surface area (TPSA) is 93.5 Å². The Hall–Kier alpha value is -3.94. The Morgan fingerprint density at radius 3 is 2.55 bits per heavy atom. The lowest BCUT2D eigenvalue weighted by Crippen LogP contribution is -2.29. The smallest absolute Gasteiger partial charge is 0.276 e. The van der Waals surface area contributed by atoms with Crippen molar-refractivity contribution in [1.82, 2.24) is 9.78 Å². The summed E-state index contributed by atoms with van der Waals surface area (Å²) in [6.45, 7) is 1.06. The number of aromatic nitrogens is 2. The zero-order chi connectivity index (χ0) is 21.6. The van der Waals surface area contributed by atoms with E-state index in [1.54, 1.807) is 23.1 Å². The fourth-order valence-electron chi connectivity index (χ4n) is 3.40.